The molecule has 1 fully saturated rings. The minimum atomic E-state index is -4.95. The third-order valence-electron chi connectivity index (χ3n) is 6.49. The summed E-state index contributed by atoms with van der Waals surface area (Å²) < 4.78 is 98.4. The topological polar surface area (TPSA) is 74.0 Å². The van der Waals surface area contributed by atoms with Gasteiger partial charge in [-0.05, 0) is 67.4 Å². The molecule has 1 aliphatic rings. The van der Waals surface area contributed by atoms with Gasteiger partial charge in [0.25, 0.3) is 0 Å². The van der Waals surface area contributed by atoms with Crippen LogP contribution in [0.15, 0.2) is 47.3 Å². The smallest absolute Gasteiger partial charge is 0.376 e. The molecule has 0 spiro atoms. The Bertz CT molecular complexity index is 1230. The fourth-order valence-corrected chi connectivity index (χ4v) is 4.52. The average molecular weight is 532 g/mol. The fourth-order valence-electron chi connectivity index (χ4n) is 4.52. The van der Waals surface area contributed by atoms with Gasteiger partial charge in [-0.2, -0.15) is 31.4 Å². The zero-order valence-corrected chi connectivity index (χ0v) is 19.3. The molecule has 4 rings (SSSR count). The van der Waals surface area contributed by atoms with Gasteiger partial charge < -0.3 is 4.74 Å². The van der Waals surface area contributed by atoms with Gasteiger partial charge in [0.1, 0.15) is 11.6 Å². The van der Waals surface area contributed by atoms with Crippen LogP contribution in [0, 0.1) is 5.82 Å². The highest BCUT2D eigenvalue weighted by Gasteiger charge is 2.38. The van der Waals surface area contributed by atoms with Crippen LogP contribution in [0.25, 0.3) is 0 Å². The highest BCUT2D eigenvalue weighted by molar-refractivity contribution is 5.33. The summed E-state index contributed by atoms with van der Waals surface area (Å²) in [7, 11) is 0. The van der Waals surface area contributed by atoms with Gasteiger partial charge in [-0.1, -0.05) is 12.1 Å². The zero-order chi connectivity index (χ0) is 26.8. The largest absolute Gasteiger partial charge is 0.416 e. The Morgan fingerprint density at radius 2 is 1.54 bits per heavy atom. The summed E-state index contributed by atoms with van der Waals surface area (Å²) in [4.78, 5) is 15.9. The van der Waals surface area contributed by atoms with Crippen molar-refractivity contribution in [1.82, 2.24) is 20.1 Å². The molecule has 0 radical (unpaired) electrons. The maximum Gasteiger partial charge on any atom is 0.416 e. The molecule has 0 saturated carbocycles. The minimum Gasteiger partial charge on any atom is -0.376 e. The summed E-state index contributed by atoms with van der Waals surface area (Å²) in [5, 5.41) is 6.18. The number of rotatable bonds is 7. The Kier molecular flexibility index (Phi) is 7.47. The molecule has 1 aromatic heterocycles. The number of hydrogen-bond donors (Lipinski definition) is 2. The first kappa shape index (κ1) is 26.9. The normalized spacial score (nSPS) is 16.7. The maximum atomic E-state index is 13.6. The van der Waals surface area contributed by atoms with E-state index in [0.717, 1.165) is 5.56 Å². The van der Waals surface area contributed by atoms with Gasteiger partial charge in [-0.15, -0.1) is 0 Å². The Hall–Kier alpha value is -3.19. The van der Waals surface area contributed by atoms with E-state index in [9.17, 15) is 35.5 Å². The van der Waals surface area contributed by atoms with Crippen LogP contribution in [0.1, 0.15) is 40.9 Å². The molecular formula is C24H23F7N4O2. The molecule has 13 heteroatoms. The molecule has 3 aromatic rings. The molecule has 1 aliphatic heterocycles. The van der Waals surface area contributed by atoms with Crippen LogP contribution < -0.4 is 5.69 Å². The van der Waals surface area contributed by atoms with Crippen LogP contribution in [0.5, 0.6) is 0 Å². The van der Waals surface area contributed by atoms with Crippen molar-refractivity contribution in [1.29, 1.82) is 0 Å². The molecule has 0 bridgehead atoms. The van der Waals surface area contributed by atoms with Crippen LogP contribution in [0.4, 0.5) is 30.7 Å². The van der Waals surface area contributed by atoms with Crippen molar-refractivity contribution in [3.8, 4) is 0 Å². The number of nitrogens with zero attached hydrogens (tertiary/aromatic N) is 2. The van der Waals surface area contributed by atoms with E-state index in [0.29, 0.717) is 50.4 Å². The van der Waals surface area contributed by atoms with Gasteiger partial charge in [0.2, 0.25) is 0 Å². The monoisotopic (exact) mass is 532 g/mol. The van der Waals surface area contributed by atoms with Crippen molar-refractivity contribution in [3.05, 3.63) is 86.8 Å². The standard InChI is InChI=1S/C24H23F7N4O2/c25-19-3-1-16(2-4-19)22(5-7-35(8-6-22)12-20-32-21(36)34-33-20)14-37-13-15-9-17(23(26,27)28)11-18(10-15)24(29,30)31/h1-4,9-11H,5-8,12-14H2,(H2,32,33,34,36). The summed E-state index contributed by atoms with van der Waals surface area (Å²) in [5.74, 6) is 0.0175. The van der Waals surface area contributed by atoms with Gasteiger partial charge in [-0.3, -0.25) is 9.88 Å². The van der Waals surface area contributed by atoms with Crippen LogP contribution in [-0.4, -0.2) is 39.8 Å². The Labute approximate surface area is 206 Å². The van der Waals surface area contributed by atoms with Gasteiger partial charge in [0, 0.05) is 5.41 Å². The quantitative estimate of drug-likeness (QED) is 0.419. The first-order valence-corrected chi connectivity index (χ1v) is 11.3. The number of aromatic amines is 2. The lowest BCUT2D eigenvalue weighted by atomic mass is 9.73. The van der Waals surface area contributed by atoms with E-state index in [4.69, 9.17) is 4.74 Å². The van der Waals surface area contributed by atoms with E-state index in [2.05, 4.69) is 15.2 Å². The van der Waals surface area contributed by atoms with Crippen molar-refractivity contribution >= 4 is 0 Å². The van der Waals surface area contributed by atoms with Gasteiger partial charge in [0.15, 0.2) is 0 Å². The van der Waals surface area contributed by atoms with Crippen molar-refractivity contribution in [2.75, 3.05) is 19.7 Å². The van der Waals surface area contributed by atoms with Crippen LogP contribution >= 0.6 is 0 Å². The van der Waals surface area contributed by atoms with Gasteiger partial charge >= 0.3 is 18.0 Å². The summed E-state index contributed by atoms with van der Waals surface area (Å²) in [5.41, 5.74) is -3.38. The summed E-state index contributed by atoms with van der Waals surface area (Å²) in [6.45, 7) is 0.996. The second-order valence-corrected chi connectivity index (χ2v) is 9.09. The molecule has 6 nitrogen and oxygen atoms in total. The van der Waals surface area contributed by atoms with Crippen molar-refractivity contribution in [2.24, 2.45) is 0 Å². The molecule has 1 saturated heterocycles. The van der Waals surface area contributed by atoms with Gasteiger partial charge in [-0.25, -0.2) is 14.3 Å². The van der Waals surface area contributed by atoms with Crippen LogP contribution in [0.3, 0.4) is 0 Å². The number of hydrogen-bond acceptors (Lipinski definition) is 4. The maximum absolute atomic E-state index is 13.6. The van der Waals surface area contributed by atoms with E-state index < -0.39 is 47.0 Å². The van der Waals surface area contributed by atoms with E-state index in [1.165, 1.54) is 12.1 Å². The number of halogens is 7. The second-order valence-electron chi connectivity index (χ2n) is 9.09. The van der Waals surface area contributed by atoms with Crippen molar-refractivity contribution in [2.45, 2.75) is 43.8 Å². The summed E-state index contributed by atoms with van der Waals surface area (Å²) in [6.07, 6.45) is -8.86. The molecule has 0 amide bonds. The molecule has 200 valence electrons. The van der Waals surface area contributed by atoms with E-state index >= 15 is 0 Å². The van der Waals surface area contributed by atoms with Crippen LogP contribution in [0.2, 0.25) is 0 Å². The first-order chi connectivity index (χ1) is 17.3. The Morgan fingerprint density at radius 1 is 0.946 bits per heavy atom. The molecule has 2 aromatic carbocycles. The molecule has 2 heterocycles. The number of ether oxygens (including phenoxy) is 1. The number of likely N-dealkylation sites (tertiary alicyclic amines) is 1. The molecule has 0 atom stereocenters. The van der Waals surface area contributed by atoms with Crippen molar-refractivity contribution in [3.63, 3.8) is 0 Å². The number of benzene rings is 2. The average Bonchev–Trinajstić information content (AvgIpc) is 3.24. The minimum absolute atomic E-state index is 0.00328. The third-order valence-corrected chi connectivity index (χ3v) is 6.49. The third kappa shape index (κ3) is 6.58. The number of alkyl halides is 6. The molecule has 0 unspecified atom stereocenters. The molecule has 0 aliphatic carbocycles. The zero-order valence-electron chi connectivity index (χ0n) is 19.3. The number of nitrogens with one attached hydrogen (secondary N) is 2. The van der Waals surface area contributed by atoms with E-state index in [-0.39, 0.29) is 18.2 Å². The Balaban J connectivity index is 1.50. The fraction of sp³-hybridized carbons (Fsp3) is 0.417. The summed E-state index contributed by atoms with van der Waals surface area (Å²) in [6, 6.07) is 7.16. The lowest BCUT2D eigenvalue weighted by Crippen LogP contribution is -2.45. The lowest BCUT2D eigenvalue weighted by Gasteiger charge is -2.42. The van der Waals surface area contributed by atoms with E-state index in [1.807, 2.05) is 4.90 Å². The predicted molar refractivity (Wildman–Crippen MR) is 118 cm³/mol. The highest BCUT2D eigenvalue weighted by Crippen LogP contribution is 2.38. The second kappa shape index (κ2) is 10.3. The number of piperidine rings is 1. The lowest BCUT2D eigenvalue weighted by molar-refractivity contribution is -0.143. The Morgan fingerprint density at radius 3 is 2.05 bits per heavy atom. The van der Waals surface area contributed by atoms with Crippen molar-refractivity contribution < 1.29 is 35.5 Å². The predicted octanol–water partition coefficient (Wildman–Crippen LogP) is 5.03. The summed E-state index contributed by atoms with van der Waals surface area (Å²) >= 11 is 0. The molecule has 2 N–H and O–H groups in total. The highest BCUT2D eigenvalue weighted by atomic mass is 19.4. The number of aromatic nitrogens is 3. The SMILES string of the molecule is O=c1[nH]nc(CN2CCC(COCc3cc(C(F)(F)F)cc(C(F)(F)F)c3)(c3ccc(F)cc3)CC2)[nH]1. The molecular weight excluding hydrogens is 509 g/mol. The van der Waals surface area contributed by atoms with Crippen LogP contribution in [-0.2, 0) is 35.7 Å². The van der Waals surface area contributed by atoms with Gasteiger partial charge in [0.05, 0.1) is 30.9 Å². The number of H-pyrrole nitrogens is 2. The van der Waals surface area contributed by atoms with E-state index in [1.54, 1.807) is 12.1 Å². The first-order valence-electron chi connectivity index (χ1n) is 11.3. The molecule has 37 heavy (non-hydrogen) atoms.